The molecule has 106 valence electrons. The quantitative estimate of drug-likeness (QED) is 0.876. The molecule has 0 amide bonds. The molecule has 1 fully saturated rings. The summed E-state index contributed by atoms with van der Waals surface area (Å²) in [4.78, 5) is 0. The summed E-state index contributed by atoms with van der Waals surface area (Å²) in [5.74, 6) is 0. The fourth-order valence-electron chi connectivity index (χ4n) is 2.64. The molecule has 1 aliphatic heterocycles. The predicted octanol–water partition coefficient (Wildman–Crippen LogP) is 2.41. The summed E-state index contributed by atoms with van der Waals surface area (Å²) in [7, 11) is 0. The standard InChI is InChI=1S/C16H25NO2/c1-11-7-13(3)15(8-12(11)2)14(4)17-9-16(18)5-6-19-10-16/h7-8,14,17-18H,5-6,9-10H2,1-4H3. The number of aryl methyl sites for hydroxylation is 3. The van der Waals surface area contributed by atoms with Crippen LogP contribution >= 0.6 is 0 Å². The van der Waals surface area contributed by atoms with Gasteiger partial charge in [-0.1, -0.05) is 12.1 Å². The van der Waals surface area contributed by atoms with Crippen molar-refractivity contribution in [1.82, 2.24) is 5.32 Å². The van der Waals surface area contributed by atoms with Crippen LogP contribution in [0.25, 0.3) is 0 Å². The van der Waals surface area contributed by atoms with E-state index in [4.69, 9.17) is 4.74 Å². The van der Waals surface area contributed by atoms with Crippen molar-refractivity contribution in [3.05, 3.63) is 34.4 Å². The van der Waals surface area contributed by atoms with E-state index >= 15 is 0 Å². The number of hydrogen-bond acceptors (Lipinski definition) is 3. The lowest BCUT2D eigenvalue weighted by Gasteiger charge is -2.25. The van der Waals surface area contributed by atoms with E-state index in [2.05, 4.69) is 45.1 Å². The van der Waals surface area contributed by atoms with Crippen molar-refractivity contribution in [1.29, 1.82) is 0 Å². The van der Waals surface area contributed by atoms with E-state index in [0.717, 1.165) is 6.42 Å². The topological polar surface area (TPSA) is 41.5 Å². The molecule has 2 rings (SSSR count). The highest BCUT2D eigenvalue weighted by Gasteiger charge is 2.32. The van der Waals surface area contributed by atoms with E-state index in [1.54, 1.807) is 0 Å². The van der Waals surface area contributed by atoms with Crippen molar-refractivity contribution in [3.8, 4) is 0 Å². The second kappa shape index (κ2) is 5.61. The number of ether oxygens (including phenoxy) is 1. The first-order valence-electron chi connectivity index (χ1n) is 7.02. The third-order valence-corrected chi connectivity index (χ3v) is 4.17. The third kappa shape index (κ3) is 3.35. The number of nitrogens with one attached hydrogen (secondary N) is 1. The minimum atomic E-state index is -0.693. The largest absolute Gasteiger partial charge is 0.386 e. The van der Waals surface area contributed by atoms with Crippen LogP contribution in [0.2, 0.25) is 0 Å². The SMILES string of the molecule is Cc1cc(C)c(C(C)NCC2(O)CCOC2)cc1C. The van der Waals surface area contributed by atoms with Crippen LogP contribution in [0, 0.1) is 20.8 Å². The first kappa shape index (κ1) is 14.5. The Morgan fingerprint density at radius 2 is 1.95 bits per heavy atom. The smallest absolute Gasteiger partial charge is 0.103 e. The monoisotopic (exact) mass is 263 g/mol. The maximum absolute atomic E-state index is 10.3. The molecule has 0 saturated carbocycles. The van der Waals surface area contributed by atoms with Crippen LogP contribution in [0.5, 0.6) is 0 Å². The van der Waals surface area contributed by atoms with Crippen LogP contribution in [-0.4, -0.2) is 30.5 Å². The van der Waals surface area contributed by atoms with Gasteiger partial charge in [-0.15, -0.1) is 0 Å². The summed E-state index contributed by atoms with van der Waals surface area (Å²) in [6, 6.07) is 4.72. The molecule has 2 unspecified atom stereocenters. The molecule has 0 spiro atoms. The van der Waals surface area contributed by atoms with E-state index in [-0.39, 0.29) is 6.04 Å². The van der Waals surface area contributed by atoms with Crippen LogP contribution in [0.3, 0.4) is 0 Å². The van der Waals surface area contributed by atoms with Gasteiger partial charge in [0.1, 0.15) is 5.60 Å². The summed E-state index contributed by atoms with van der Waals surface area (Å²) >= 11 is 0. The second-order valence-corrected chi connectivity index (χ2v) is 5.92. The number of benzene rings is 1. The van der Waals surface area contributed by atoms with E-state index in [9.17, 15) is 5.11 Å². The van der Waals surface area contributed by atoms with E-state index in [1.807, 2.05) is 0 Å². The molecular weight excluding hydrogens is 238 g/mol. The third-order valence-electron chi connectivity index (χ3n) is 4.17. The van der Waals surface area contributed by atoms with Gasteiger partial charge >= 0.3 is 0 Å². The fraction of sp³-hybridized carbons (Fsp3) is 0.625. The molecular formula is C16H25NO2. The molecule has 0 bridgehead atoms. The Bertz CT molecular complexity index is 450. The highest BCUT2D eigenvalue weighted by molar-refractivity contribution is 5.38. The Morgan fingerprint density at radius 3 is 2.58 bits per heavy atom. The van der Waals surface area contributed by atoms with Gasteiger partial charge in [0.25, 0.3) is 0 Å². The predicted molar refractivity (Wildman–Crippen MR) is 77.5 cm³/mol. The normalized spacial score (nSPS) is 24.7. The molecule has 0 aliphatic carbocycles. The Labute approximate surface area is 116 Å². The van der Waals surface area contributed by atoms with Gasteiger partial charge in [0.05, 0.1) is 6.61 Å². The molecule has 1 aromatic rings. The van der Waals surface area contributed by atoms with Crippen LogP contribution in [0.1, 0.15) is 41.6 Å². The van der Waals surface area contributed by atoms with Crippen LogP contribution in [-0.2, 0) is 4.74 Å². The molecule has 1 heterocycles. The van der Waals surface area contributed by atoms with Gasteiger partial charge in [0, 0.05) is 25.6 Å². The van der Waals surface area contributed by atoms with Crippen molar-refractivity contribution < 1.29 is 9.84 Å². The molecule has 0 aromatic heterocycles. The molecule has 0 radical (unpaired) electrons. The highest BCUT2D eigenvalue weighted by atomic mass is 16.5. The molecule has 3 nitrogen and oxygen atoms in total. The van der Waals surface area contributed by atoms with Crippen LogP contribution in [0.4, 0.5) is 0 Å². The lowest BCUT2D eigenvalue weighted by molar-refractivity contribution is 0.0252. The lowest BCUT2D eigenvalue weighted by atomic mass is 9.95. The molecule has 1 saturated heterocycles. The van der Waals surface area contributed by atoms with Gasteiger partial charge in [-0.05, 0) is 49.9 Å². The zero-order valence-electron chi connectivity index (χ0n) is 12.4. The van der Waals surface area contributed by atoms with Crippen molar-refractivity contribution in [2.45, 2.75) is 45.8 Å². The molecule has 3 heteroatoms. The highest BCUT2D eigenvalue weighted by Crippen LogP contribution is 2.23. The summed E-state index contributed by atoms with van der Waals surface area (Å²) in [5, 5.41) is 13.7. The minimum Gasteiger partial charge on any atom is -0.386 e. The zero-order valence-corrected chi connectivity index (χ0v) is 12.4. The number of aliphatic hydroxyl groups is 1. The summed E-state index contributed by atoms with van der Waals surface area (Å²) in [6.07, 6.45) is 0.721. The van der Waals surface area contributed by atoms with Crippen LogP contribution in [0.15, 0.2) is 12.1 Å². The van der Waals surface area contributed by atoms with Gasteiger partial charge in [-0.3, -0.25) is 0 Å². The maximum Gasteiger partial charge on any atom is 0.103 e. The van der Waals surface area contributed by atoms with Gasteiger partial charge in [-0.25, -0.2) is 0 Å². The first-order chi connectivity index (χ1) is 8.91. The Morgan fingerprint density at radius 1 is 1.26 bits per heavy atom. The van der Waals surface area contributed by atoms with Gasteiger partial charge < -0.3 is 15.2 Å². The molecule has 19 heavy (non-hydrogen) atoms. The maximum atomic E-state index is 10.3. The fourth-order valence-corrected chi connectivity index (χ4v) is 2.64. The van der Waals surface area contributed by atoms with Gasteiger partial charge in [0.2, 0.25) is 0 Å². The lowest BCUT2D eigenvalue weighted by Crippen LogP contribution is -2.42. The second-order valence-electron chi connectivity index (χ2n) is 5.92. The molecule has 1 aliphatic rings. The number of rotatable bonds is 4. The minimum absolute atomic E-state index is 0.240. The van der Waals surface area contributed by atoms with Crippen LogP contribution < -0.4 is 5.32 Å². The van der Waals surface area contributed by atoms with Crippen molar-refractivity contribution in [2.24, 2.45) is 0 Å². The first-order valence-corrected chi connectivity index (χ1v) is 7.02. The van der Waals surface area contributed by atoms with Crippen molar-refractivity contribution in [3.63, 3.8) is 0 Å². The Balaban J connectivity index is 2.03. The van der Waals surface area contributed by atoms with Crippen molar-refractivity contribution >= 4 is 0 Å². The Hall–Kier alpha value is -0.900. The summed E-state index contributed by atoms with van der Waals surface area (Å²) in [5.41, 5.74) is 4.57. The van der Waals surface area contributed by atoms with E-state index < -0.39 is 5.60 Å². The summed E-state index contributed by atoms with van der Waals surface area (Å²) in [6.45, 7) is 10.3. The average molecular weight is 263 g/mol. The van der Waals surface area contributed by atoms with Gasteiger partial charge in [-0.2, -0.15) is 0 Å². The number of hydrogen-bond donors (Lipinski definition) is 2. The molecule has 1 aromatic carbocycles. The zero-order chi connectivity index (χ0) is 14.0. The van der Waals surface area contributed by atoms with E-state index in [0.29, 0.717) is 19.8 Å². The molecule has 2 atom stereocenters. The Kier molecular flexibility index (Phi) is 4.29. The summed E-state index contributed by atoms with van der Waals surface area (Å²) < 4.78 is 5.27. The average Bonchev–Trinajstić information content (AvgIpc) is 2.78. The van der Waals surface area contributed by atoms with Crippen molar-refractivity contribution in [2.75, 3.05) is 19.8 Å². The molecule has 2 N–H and O–H groups in total. The van der Waals surface area contributed by atoms with E-state index in [1.165, 1.54) is 22.3 Å². The van der Waals surface area contributed by atoms with Gasteiger partial charge in [0.15, 0.2) is 0 Å².